The highest BCUT2D eigenvalue weighted by Crippen LogP contribution is 2.23. The highest BCUT2D eigenvalue weighted by molar-refractivity contribution is 7.89. The summed E-state index contributed by atoms with van der Waals surface area (Å²) < 4.78 is 40.8. The fraction of sp³-hybridized carbons (Fsp3) is 0.333. The second-order valence-corrected chi connectivity index (χ2v) is 8.32. The summed E-state index contributed by atoms with van der Waals surface area (Å²) in [6, 6.07) is 13.4. The van der Waals surface area contributed by atoms with Gasteiger partial charge in [-0.2, -0.15) is 0 Å². The average Bonchev–Trinajstić information content (AvgIpc) is 2.57. The first-order valence-electron chi connectivity index (χ1n) is 8.18. The van der Waals surface area contributed by atoms with Gasteiger partial charge < -0.3 is 0 Å². The Bertz CT molecular complexity index is 826. The van der Waals surface area contributed by atoms with E-state index < -0.39 is 15.8 Å². The summed E-state index contributed by atoms with van der Waals surface area (Å²) in [6.45, 7) is 2.50. The van der Waals surface area contributed by atoms with Crippen LogP contribution < -0.4 is 4.72 Å². The predicted octanol–water partition coefficient (Wildman–Crippen LogP) is 3.84. The molecule has 26 heavy (non-hydrogen) atoms. The van der Waals surface area contributed by atoms with Crippen LogP contribution in [-0.4, -0.2) is 32.4 Å². The van der Waals surface area contributed by atoms with Crippen molar-refractivity contribution in [2.75, 3.05) is 13.1 Å². The van der Waals surface area contributed by atoms with E-state index in [4.69, 9.17) is 11.6 Å². The minimum absolute atomic E-state index is 0. The number of benzene rings is 2. The summed E-state index contributed by atoms with van der Waals surface area (Å²) in [5.41, 5.74) is 1.25. The maximum Gasteiger partial charge on any atom is 0.242 e. The molecule has 0 radical (unpaired) electrons. The third kappa shape index (κ3) is 5.41. The van der Waals surface area contributed by atoms with E-state index in [9.17, 15) is 12.8 Å². The van der Waals surface area contributed by atoms with Gasteiger partial charge in [-0.05, 0) is 36.6 Å². The Kier molecular flexibility index (Phi) is 7.43. The molecular formula is C18H21Cl2FN2O2S. The standard InChI is InChI=1S/C18H20ClFN2O2S.ClH/c19-17-12-15(20)6-7-18(17)25(23,24)21-16-8-10-22(11-9-16)13-14-4-2-1-3-5-14;/h1-7,12,16,21H,8-11,13H2;1H. The van der Waals surface area contributed by atoms with Crippen LogP contribution in [0.3, 0.4) is 0 Å². The molecule has 1 aliphatic heterocycles. The summed E-state index contributed by atoms with van der Waals surface area (Å²) in [7, 11) is -3.75. The number of sulfonamides is 1. The molecule has 0 aromatic heterocycles. The Morgan fingerprint density at radius 1 is 1.12 bits per heavy atom. The third-order valence-corrected chi connectivity index (χ3v) is 6.35. The average molecular weight is 419 g/mol. The molecule has 0 unspecified atom stereocenters. The Morgan fingerprint density at radius 3 is 2.38 bits per heavy atom. The molecule has 3 rings (SSSR count). The van der Waals surface area contributed by atoms with E-state index >= 15 is 0 Å². The molecule has 0 bridgehead atoms. The fourth-order valence-electron chi connectivity index (χ4n) is 3.03. The highest BCUT2D eigenvalue weighted by Gasteiger charge is 2.26. The zero-order chi connectivity index (χ0) is 17.9. The van der Waals surface area contributed by atoms with Gasteiger partial charge in [0, 0.05) is 25.7 Å². The highest BCUT2D eigenvalue weighted by atomic mass is 35.5. The van der Waals surface area contributed by atoms with Crippen LogP contribution in [0.1, 0.15) is 18.4 Å². The lowest BCUT2D eigenvalue weighted by molar-refractivity contribution is 0.200. The van der Waals surface area contributed by atoms with E-state index in [-0.39, 0.29) is 28.4 Å². The number of likely N-dealkylation sites (tertiary alicyclic amines) is 1. The SMILES string of the molecule is Cl.O=S(=O)(NC1CCN(Cc2ccccc2)CC1)c1ccc(F)cc1Cl. The van der Waals surface area contributed by atoms with Gasteiger partial charge in [0.2, 0.25) is 10.0 Å². The first kappa shape index (κ1) is 21.1. The minimum atomic E-state index is -3.75. The Labute approximate surface area is 164 Å². The Hall–Kier alpha value is -1.18. The van der Waals surface area contributed by atoms with Gasteiger partial charge in [0.1, 0.15) is 10.7 Å². The normalized spacial score (nSPS) is 16.2. The largest absolute Gasteiger partial charge is 0.299 e. The molecule has 1 heterocycles. The van der Waals surface area contributed by atoms with Crippen molar-refractivity contribution in [2.24, 2.45) is 0 Å². The van der Waals surface area contributed by atoms with Crippen LogP contribution in [0.5, 0.6) is 0 Å². The second-order valence-electron chi connectivity index (χ2n) is 6.23. The summed E-state index contributed by atoms with van der Waals surface area (Å²) in [5, 5.41) is -0.103. The fourth-order valence-corrected chi connectivity index (χ4v) is 4.86. The number of nitrogens with zero attached hydrogens (tertiary/aromatic N) is 1. The van der Waals surface area contributed by atoms with E-state index in [2.05, 4.69) is 21.8 Å². The van der Waals surface area contributed by atoms with Crippen molar-refractivity contribution in [1.82, 2.24) is 9.62 Å². The maximum absolute atomic E-state index is 13.1. The van der Waals surface area contributed by atoms with Crippen LogP contribution >= 0.6 is 24.0 Å². The third-order valence-electron chi connectivity index (χ3n) is 4.34. The van der Waals surface area contributed by atoms with Crippen molar-refractivity contribution in [2.45, 2.75) is 30.3 Å². The predicted molar refractivity (Wildman–Crippen MR) is 104 cm³/mol. The van der Waals surface area contributed by atoms with Crippen LogP contribution in [0.25, 0.3) is 0 Å². The first-order valence-corrected chi connectivity index (χ1v) is 10.0. The molecule has 8 heteroatoms. The molecule has 0 amide bonds. The van der Waals surface area contributed by atoms with Gasteiger partial charge in [0.15, 0.2) is 0 Å². The Morgan fingerprint density at radius 2 is 1.77 bits per heavy atom. The maximum atomic E-state index is 13.1. The molecule has 0 atom stereocenters. The minimum Gasteiger partial charge on any atom is -0.299 e. The van der Waals surface area contributed by atoms with E-state index in [1.807, 2.05) is 18.2 Å². The van der Waals surface area contributed by atoms with Crippen molar-refractivity contribution in [3.8, 4) is 0 Å². The van der Waals surface area contributed by atoms with E-state index in [1.54, 1.807) is 0 Å². The molecule has 2 aromatic rings. The molecule has 0 saturated carbocycles. The van der Waals surface area contributed by atoms with Crippen molar-refractivity contribution in [1.29, 1.82) is 0 Å². The van der Waals surface area contributed by atoms with Crippen LogP contribution in [0, 0.1) is 5.82 Å². The van der Waals surface area contributed by atoms with Gasteiger partial charge in [-0.15, -0.1) is 12.4 Å². The molecule has 1 fully saturated rings. The van der Waals surface area contributed by atoms with Crippen molar-refractivity contribution < 1.29 is 12.8 Å². The molecule has 0 aliphatic carbocycles. The summed E-state index contributed by atoms with van der Waals surface area (Å²) in [5.74, 6) is -0.557. The van der Waals surface area contributed by atoms with E-state index in [1.165, 1.54) is 11.6 Å². The zero-order valence-corrected chi connectivity index (χ0v) is 16.5. The van der Waals surface area contributed by atoms with Gasteiger partial charge in [-0.1, -0.05) is 41.9 Å². The van der Waals surface area contributed by atoms with Crippen LogP contribution in [-0.2, 0) is 16.6 Å². The van der Waals surface area contributed by atoms with Crippen molar-refractivity contribution in [3.63, 3.8) is 0 Å². The quantitative estimate of drug-likeness (QED) is 0.801. The smallest absolute Gasteiger partial charge is 0.242 e. The number of piperidine rings is 1. The van der Waals surface area contributed by atoms with Gasteiger partial charge >= 0.3 is 0 Å². The number of halogens is 3. The van der Waals surface area contributed by atoms with Crippen LogP contribution in [0.15, 0.2) is 53.4 Å². The zero-order valence-electron chi connectivity index (χ0n) is 14.1. The number of nitrogens with one attached hydrogen (secondary N) is 1. The molecular weight excluding hydrogens is 398 g/mol. The first-order chi connectivity index (χ1) is 11.9. The summed E-state index contributed by atoms with van der Waals surface area (Å²) in [4.78, 5) is 2.23. The van der Waals surface area contributed by atoms with Gasteiger partial charge in [-0.25, -0.2) is 17.5 Å². The van der Waals surface area contributed by atoms with E-state index in [0.717, 1.165) is 44.6 Å². The summed E-state index contributed by atoms with van der Waals surface area (Å²) in [6.07, 6.45) is 1.45. The van der Waals surface area contributed by atoms with Gasteiger partial charge in [0.25, 0.3) is 0 Å². The van der Waals surface area contributed by atoms with Crippen molar-refractivity contribution >= 4 is 34.0 Å². The lowest BCUT2D eigenvalue weighted by atomic mass is 10.1. The molecule has 142 valence electrons. The number of rotatable bonds is 5. The number of hydrogen-bond acceptors (Lipinski definition) is 3. The molecule has 0 spiro atoms. The van der Waals surface area contributed by atoms with Crippen LogP contribution in [0.2, 0.25) is 5.02 Å². The van der Waals surface area contributed by atoms with Crippen molar-refractivity contribution in [3.05, 3.63) is 64.9 Å². The van der Waals surface area contributed by atoms with Gasteiger partial charge in [0.05, 0.1) is 5.02 Å². The molecule has 1 N–H and O–H groups in total. The second kappa shape index (κ2) is 9.15. The van der Waals surface area contributed by atoms with Crippen LogP contribution in [0.4, 0.5) is 4.39 Å². The topological polar surface area (TPSA) is 49.4 Å². The molecule has 4 nitrogen and oxygen atoms in total. The van der Waals surface area contributed by atoms with E-state index in [0.29, 0.717) is 0 Å². The molecule has 1 aliphatic rings. The van der Waals surface area contributed by atoms with Gasteiger partial charge in [-0.3, -0.25) is 4.90 Å². The summed E-state index contributed by atoms with van der Waals surface area (Å²) >= 11 is 5.88. The monoisotopic (exact) mass is 418 g/mol. The number of hydrogen-bond donors (Lipinski definition) is 1. The molecule has 1 saturated heterocycles. The molecule has 2 aromatic carbocycles. The lowest BCUT2D eigenvalue weighted by Crippen LogP contribution is -2.44. The lowest BCUT2D eigenvalue weighted by Gasteiger charge is -2.32. The Balaban J connectivity index is 0.00000243.